The van der Waals surface area contributed by atoms with E-state index < -0.39 is 42.8 Å². The molecule has 1 aliphatic heterocycles. The molecule has 1 heterocycles. The van der Waals surface area contributed by atoms with Gasteiger partial charge in [-0.05, 0) is 6.54 Å². The standard InChI is InChI=1S/C19H33FN4O7.CH2O2/c1-2-21-3-4-22(13-17(26)27)5-6-23(14-18(28)29)8-10-24(9-7-21)16(19(30)31)11-15(25)12-20;2-1-3/h16H,2-14H2,1H3,(H,26,27)(H,28,29)(H,30,31);1H,(H,2,3). The Morgan fingerprint density at radius 1 is 0.824 bits per heavy atom. The van der Waals surface area contributed by atoms with Crippen molar-refractivity contribution in [2.75, 3.05) is 78.7 Å². The highest BCUT2D eigenvalue weighted by Gasteiger charge is 2.29. The van der Waals surface area contributed by atoms with Crippen molar-refractivity contribution in [3.63, 3.8) is 0 Å². The van der Waals surface area contributed by atoms with Crippen LogP contribution in [0.2, 0.25) is 0 Å². The summed E-state index contributed by atoms with van der Waals surface area (Å²) < 4.78 is 12.7. The summed E-state index contributed by atoms with van der Waals surface area (Å²) in [7, 11) is 0. The summed E-state index contributed by atoms with van der Waals surface area (Å²) in [6, 6.07) is -1.19. The number of carboxylic acids is 3. The van der Waals surface area contributed by atoms with Gasteiger partial charge in [-0.25, -0.2) is 4.39 Å². The van der Waals surface area contributed by atoms with Crippen molar-refractivity contribution >= 4 is 30.2 Å². The van der Waals surface area contributed by atoms with Crippen molar-refractivity contribution in [1.29, 1.82) is 0 Å². The van der Waals surface area contributed by atoms with Crippen LogP contribution in [-0.4, -0.2) is 155 Å². The van der Waals surface area contributed by atoms with E-state index in [4.69, 9.17) is 15.0 Å². The Kier molecular flexibility index (Phi) is 16.4. The first-order chi connectivity index (χ1) is 16.1. The van der Waals surface area contributed by atoms with E-state index in [0.717, 1.165) is 0 Å². The Balaban J connectivity index is 0.00000343. The van der Waals surface area contributed by atoms with Gasteiger partial charge in [-0.1, -0.05) is 6.92 Å². The van der Waals surface area contributed by atoms with Gasteiger partial charge in [-0.3, -0.25) is 38.7 Å². The molecule has 1 saturated heterocycles. The van der Waals surface area contributed by atoms with E-state index in [2.05, 4.69) is 0 Å². The van der Waals surface area contributed by atoms with Crippen LogP contribution in [0, 0.1) is 0 Å². The smallest absolute Gasteiger partial charge is 0.321 e. The maximum Gasteiger partial charge on any atom is 0.321 e. The van der Waals surface area contributed by atoms with Crippen molar-refractivity contribution in [3.05, 3.63) is 0 Å². The second kappa shape index (κ2) is 17.8. The van der Waals surface area contributed by atoms with Crippen LogP contribution < -0.4 is 0 Å². The van der Waals surface area contributed by atoms with Crippen LogP contribution in [0.4, 0.5) is 4.39 Å². The lowest BCUT2D eigenvalue weighted by molar-refractivity contribution is -0.146. The normalized spacial score (nSPS) is 18.4. The molecule has 1 unspecified atom stereocenters. The highest BCUT2D eigenvalue weighted by atomic mass is 19.1. The third-order valence-corrected chi connectivity index (χ3v) is 5.33. The number of alkyl halides is 1. The number of aliphatic carboxylic acids is 3. The van der Waals surface area contributed by atoms with E-state index in [0.29, 0.717) is 45.8 Å². The zero-order chi connectivity index (χ0) is 26.1. The summed E-state index contributed by atoms with van der Waals surface area (Å²) in [5.41, 5.74) is 0. The Hall–Kier alpha value is -2.68. The van der Waals surface area contributed by atoms with E-state index in [9.17, 15) is 33.8 Å². The lowest BCUT2D eigenvalue weighted by Crippen LogP contribution is -2.51. The van der Waals surface area contributed by atoms with E-state index in [1.807, 2.05) is 11.8 Å². The molecule has 1 fully saturated rings. The minimum atomic E-state index is -1.23. The van der Waals surface area contributed by atoms with Crippen molar-refractivity contribution in [2.45, 2.75) is 19.4 Å². The van der Waals surface area contributed by atoms with E-state index >= 15 is 0 Å². The van der Waals surface area contributed by atoms with E-state index in [1.54, 1.807) is 14.7 Å². The van der Waals surface area contributed by atoms with E-state index in [1.165, 1.54) is 0 Å². The second-order valence-electron chi connectivity index (χ2n) is 7.65. The van der Waals surface area contributed by atoms with Gasteiger partial charge in [-0.2, -0.15) is 0 Å². The molecule has 196 valence electrons. The van der Waals surface area contributed by atoms with Crippen LogP contribution in [0.1, 0.15) is 13.3 Å². The molecule has 0 bridgehead atoms. The summed E-state index contributed by atoms with van der Waals surface area (Å²) in [4.78, 5) is 61.1. The highest BCUT2D eigenvalue weighted by Crippen LogP contribution is 2.09. The molecule has 13 nitrogen and oxygen atoms in total. The molecule has 14 heteroatoms. The van der Waals surface area contributed by atoms with Gasteiger partial charge >= 0.3 is 17.9 Å². The number of hydrogen-bond acceptors (Lipinski definition) is 9. The number of halogens is 1. The fraction of sp³-hybridized carbons (Fsp3) is 0.750. The number of carbonyl (C=O) groups excluding carboxylic acids is 1. The first kappa shape index (κ1) is 31.3. The maximum absolute atomic E-state index is 12.7. The molecule has 1 atom stereocenters. The third kappa shape index (κ3) is 13.8. The lowest BCUT2D eigenvalue weighted by atomic mass is 10.1. The predicted octanol–water partition coefficient (Wildman–Crippen LogP) is -1.52. The zero-order valence-corrected chi connectivity index (χ0v) is 19.3. The number of carboxylic acid groups (broad SMARTS) is 4. The SMILES string of the molecule is CCN1CCN(CC(=O)O)CCN(CC(=O)O)CCN(C(CC(=O)CF)C(=O)O)CC1.O=CO. The topological polar surface area (TPSA) is 179 Å². The van der Waals surface area contributed by atoms with Gasteiger partial charge in [0, 0.05) is 58.8 Å². The van der Waals surface area contributed by atoms with Gasteiger partial charge in [0.2, 0.25) is 0 Å². The highest BCUT2D eigenvalue weighted by molar-refractivity contribution is 5.86. The van der Waals surface area contributed by atoms with Crippen LogP contribution in [0.5, 0.6) is 0 Å². The Labute approximate surface area is 197 Å². The molecule has 1 aliphatic rings. The number of hydrogen-bond donors (Lipinski definition) is 4. The molecule has 1 rings (SSSR count). The molecule has 0 aliphatic carbocycles. The van der Waals surface area contributed by atoms with Gasteiger partial charge in [0.25, 0.3) is 6.47 Å². The number of Topliss-reactive ketones (excluding diaryl/α,β-unsaturated/α-hetero) is 1. The molecule has 0 amide bonds. The zero-order valence-electron chi connectivity index (χ0n) is 19.3. The fourth-order valence-electron chi connectivity index (χ4n) is 3.52. The van der Waals surface area contributed by atoms with Crippen molar-refractivity contribution in [1.82, 2.24) is 19.6 Å². The Bertz CT molecular complexity index is 668. The number of carbonyl (C=O) groups is 5. The van der Waals surface area contributed by atoms with Crippen LogP contribution in [0.3, 0.4) is 0 Å². The summed E-state index contributed by atoms with van der Waals surface area (Å²) >= 11 is 0. The molecular weight excluding hydrogens is 459 g/mol. The maximum atomic E-state index is 12.7. The lowest BCUT2D eigenvalue weighted by Gasteiger charge is -2.35. The Morgan fingerprint density at radius 2 is 1.21 bits per heavy atom. The third-order valence-electron chi connectivity index (χ3n) is 5.33. The van der Waals surface area contributed by atoms with Crippen molar-refractivity contribution < 1.29 is 48.8 Å². The number of likely N-dealkylation sites (N-methyl/N-ethyl adjacent to an activating group) is 1. The van der Waals surface area contributed by atoms with Crippen molar-refractivity contribution in [2.24, 2.45) is 0 Å². The van der Waals surface area contributed by atoms with Crippen LogP contribution in [0.15, 0.2) is 0 Å². The molecule has 0 aromatic rings. The molecule has 0 spiro atoms. The minimum Gasteiger partial charge on any atom is -0.483 e. The number of nitrogens with zero attached hydrogens (tertiary/aromatic N) is 4. The van der Waals surface area contributed by atoms with Gasteiger partial charge in [0.15, 0.2) is 5.78 Å². The Morgan fingerprint density at radius 3 is 1.56 bits per heavy atom. The largest absolute Gasteiger partial charge is 0.483 e. The average molecular weight is 495 g/mol. The van der Waals surface area contributed by atoms with Gasteiger partial charge in [0.05, 0.1) is 13.1 Å². The molecule has 4 N–H and O–H groups in total. The number of rotatable bonds is 10. The number of ketones is 1. The fourth-order valence-corrected chi connectivity index (χ4v) is 3.52. The summed E-state index contributed by atoms with van der Waals surface area (Å²) in [6.07, 6.45) is -0.455. The molecule has 0 saturated carbocycles. The first-order valence-electron chi connectivity index (χ1n) is 10.8. The van der Waals surface area contributed by atoms with Gasteiger partial charge < -0.3 is 25.3 Å². The summed E-state index contributed by atoms with van der Waals surface area (Å²) in [5, 5.41) is 34.8. The molecule has 0 aromatic heterocycles. The molecule has 0 aromatic carbocycles. The van der Waals surface area contributed by atoms with Crippen LogP contribution in [-0.2, 0) is 24.0 Å². The van der Waals surface area contributed by atoms with Gasteiger partial charge in [-0.15, -0.1) is 0 Å². The molecular formula is C20H35FN4O9. The predicted molar refractivity (Wildman–Crippen MR) is 118 cm³/mol. The quantitative estimate of drug-likeness (QED) is 0.257. The summed E-state index contributed by atoms with van der Waals surface area (Å²) in [6.45, 7) is 3.51. The van der Waals surface area contributed by atoms with Crippen LogP contribution >= 0.6 is 0 Å². The van der Waals surface area contributed by atoms with Gasteiger partial charge in [0.1, 0.15) is 12.7 Å². The second-order valence-corrected chi connectivity index (χ2v) is 7.65. The first-order valence-corrected chi connectivity index (χ1v) is 10.8. The molecule has 34 heavy (non-hydrogen) atoms. The van der Waals surface area contributed by atoms with Crippen molar-refractivity contribution in [3.8, 4) is 0 Å². The summed E-state index contributed by atoms with van der Waals surface area (Å²) in [5.74, 6) is -4.04. The average Bonchev–Trinajstić information content (AvgIpc) is 2.75. The monoisotopic (exact) mass is 494 g/mol. The molecule has 0 radical (unpaired) electrons. The van der Waals surface area contributed by atoms with E-state index in [-0.39, 0.29) is 32.7 Å². The van der Waals surface area contributed by atoms with Crippen LogP contribution in [0.25, 0.3) is 0 Å². The minimum absolute atomic E-state index is 0.156.